The van der Waals surface area contributed by atoms with Gasteiger partial charge in [0.2, 0.25) is 0 Å². The summed E-state index contributed by atoms with van der Waals surface area (Å²) >= 11 is 0. The van der Waals surface area contributed by atoms with Crippen LogP contribution in [0.1, 0.15) is 33.6 Å². The van der Waals surface area contributed by atoms with Crippen LogP contribution in [0.2, 0.25) is 0 Å². The molecule has 0 aromatic rings. The minimum absolute atomic E-state index is 0.214. The van der Waals surface area contributed by atoms with Gasteiger partial charge in [-0.25, -0.2) is 0 Å². The number of nitrogens with two attached hydrogens (primary N) is 1. The predicted molar refractivity (Wildman–Crippen MR) is 51.0 cm³/mol. The molecule has 0 aromatic carbocycles. The van der Waals surface area contributed by atoms with E-state index < -0.39 is 0 Å². The lowest BCUT2D eigenvalue weighted by molar-refractivity contribution is 0.0275. The normalized spacial score (nSPS) is 28.5. The number of rotatable bonds is 1. The lowest BCUT2D eigenvalue weighted by Gasteiger charge is -2.36. The summed E-state index contributed by atoms with van der Waals surface area (Å²) in [6, 6.07) is 0.276. The second-order valence-corrected chi connectivity index (χ2v) is 4.87. The van der Waals surface area contributed by atoms with Gasteiger partial charge in [0, 0.05) is 12.6 Å². The molecule has 72 valence electrons. The molecule has 0 aliphatic carbocycles. The van der Waals surface area contributed by atoms with Crippen LogP contribution in [0.5, 0.6) is 0 Å². The van der Waals surface area contributed by atoms with Crippen LogP contribution in [0.3, 0.4) is 0 Å². The van der Waals surface area contributed by atoms with E-state index >= 15 is 0 Å². The van der Waals surface area contributed by atoms with E-state index in [0.717, 1.165) is 13.2 Å². The topological polar surface area (TPSA) is 35.2 Å². The Kier molecular flexibility index (Phi) is 3.13. The van der Waals surface area contributed by atoms with Gasteiger partial charge >= 0.3 is 0 Å². The van der Waals surface area contributed by atoms with Crippen molar-refractivity contribution in [3.8, 4) is 0 Å². The minimum Gasteiger partial charge on any atom is -0.381 e. The van der Waals surface area contributed by atoms with Crippen molar-refractivity contribution in [3.05, 3.63) is 0 Å². The second kappa shape index (κ2) is 3.75. The van der Waals surface area contributed by atoms with Gasteiger partial charge in [0.15, 0.2) is 0 Å². The molecule has 1 rings (SSSR count). The first-order chi connectivity index (χ1) is 5.52. The van der Waals surface area contributed by atoms with Gasteiger partial charge in [-0.3, -0.25) is 0 Å². The highest BCUT2D eigenvalue weighted by Gasteiger charge is 2.29. The summed E-state index contributed by atoms with van der Waals surface area (Å²) < 4.78 is 5.42. The van der Waals surface area contributed by atoms with Gasteiger partial charge in [0.25, 0.3) is 0 Å². The summed E-state index contributed by atoms with van der Waals surface area (Å²) in [7, 11) is 0. The number of hydrogen-bond acceptors (Lipinski definition) is 2. The molecule has 1 fully saturated rings. The Morgan fingerprint density at radius 2 is 2.08 bits per heavy atom. The summed E-state index contributed by atoms with van der Waals surface area (Å²) in [4.78, 5) is 0. The Bertz CT molecular complexity index is 133. The summed E-state index contributed by atoms with van der Waals surface area (Å²) in [5, 5.41) is 0. The molecule has 0 radical (unpaired) electrons. The molecule has 0 spiro atoms. The fraction of sp³-hybridized carbons (Fsp3) is 1.00. The van der Waals surface area contributed by atoms with E-state index in [1.54, 1.807) is 0 Å². The van der Waals surface area contributed by atoms with Crippen molar-refractivity contribution in [2.24, 2.45) is 17.1 Å². The largest absolute Gasteiger partial charge is 0.381 e. The molecule has 0 aromatic heterocycles. The first kappa shape index (κ1) is 10.0. The SMILES string of the molecule is CC(C)(C)C(N)C1CCCOC1. The quantitative estimate of drug-likeness (QED) is 0.652. The Labute approximate surface area is 75.5 Å². The highest BCUT2D eigenvalue weighted by atomic mass is 16.5. The van der Waals surface area contributed by atoms with Crippen LogP contribution >= 0.6 is 0 Å². The number of ether oxygens (including phenoxy) is 1. The summed E-state index contributed by atoms with van der Waals surface area (Å²) in [6.45, 7) is 8.39. The summed E-state index contributed by atoms with van der Waals surface area (Å²) in [5.74, 6) is 0.568. The van der Waals surface area contributed by atoms with Gasteiger partial charge in [-0.15, -0.1) is 0 Å². The zero-order valence-corrected chi connectivity index (χ0v) is 8.47. The average Bonchev–Trinajstić information content (AvgIpc) is 2.03. The molecule has 0 bridgehead atoms. The van der Waals surface area contributed by atoms with Crippen molar-refractivity contribution >= 4 is 0 Å². The third-order valence-corrected chi connectivity index (χ3v) is 2.70. The van der Waals surface area contributed by atoms with Gasteiger partial charge in [0.05, 0.1) is 6.61 Å². The van der Waals surface area contributed by atoms with E-state index in [-0.39, 0.29) is 11.5 Å². The molecule has 0 saturated carbocycles. The Hall–Kier alpha value is -0.0800. The third kappa shape index (κ3) is 2.46. The summed E-state index contributed by atoms with van der Waals surface area (Å²) in [6.07, 6.45) is 2.41. The van der Waals surface area contributed by atoms with Crippen molar-refractivity contribution in [2.45, 2.75) is 39.7 Å². The maximum atomic E-state index is 6.15. The van der Waals surface area contributed by atoms with Crippen LogP contribution in [-0.4, -0.2) is 19.3 Å². The van der Waals surface area contributed by atoms with Crippen LogP contribution in [-0.2, 0) is 4.74 Å². The fourth-order valence-electron chi connectivity index (χ4n) is 1.76. The minimum atomic E-state index is 0.214. The summed E-state index contributed by atoms with van der Waals surface area (Å²) in [5.41, 5.74) is 6.36. The van der Waals surface area contributed by atoms with E-state index in [1.165, 1.54) is 12.8 Å². The molecule has 0 amide bonds. The molecule has 1 saturated heterocycles. The highest BCUT2D eigenvalue weighted by molar-refractivity contribution is 4.84. The second-order valence-electron chi connectivity index (χ2n) is 4.87. The van der Waals surface area contributed by atoms with Crippen molar-refractivity contribution in [1.82, 2.24) is 0 Å². The van der Waals surface area contributed by atoms with Gasteiger partial charge in [-0.1, -0.05) is 20.8 Å². The standard InChI is InChI=1S/C10H21NO/c1-10(2,3)9(11)8-5-4-6-12-7-8/h8-9H,4-7,11H2,1-3H3. The van der Waals surface area contributed by atoms with Crippen molar-refractivity contribution < 1.29 is 4.74 Å². The molecule has 12 heavy (non-hydrogen) atoms. The molecule has 2 N–H and O–H groups in total. The van der Waals surface area contributed by atoms with Gasteiger partial charge in [-0.05, 0) is 24.2 Å². The zero-order valence-electron chi connectivity index (χ0n) is 8.47. The van der Waals surface area contributed by atoms with Gasteiger partial charge < -0.3 is 10.5 Å². The van der Waals surface area contributed by atoms with Crippen molar-refractivity contribution in [2.75, 3.05) is 13.2 Å². The molecule has 2 nitrogen and oxygen atoms in total. The Morgan fingerprint density at radius 3 is 2.50 bits per heavy atom. The van der Waals surface area contributed by atoms with Crippen LogP contribution in [0, 0.1) is 11.3 Å². The lowest BCUT2D eigenvalue weighted by atomic mass is 9.77. The van der Waals surface area contributed by atoms with Crippen molar-refractivity contribution in [3.63, 3.8) is 0 Å². The van der Waals surface area contributed by atoms with Crippen LogP contribution in [0.25, 0.3) is 0 Å². The lowest BCUT2D eigenvalue weighted by Crippen LogP contribution is -2.44. The fourth-order valence-corrected chi connectivity index (χ4v) is 1.76. The van der Waals surface area contributed by atoms with Crippen LogP contribution in [0.15, 0.2) is 0 Å². The van der Waals surface area contributed by atoms with E-state index in [9.17, 15) is 0 Å². The molecule has 2 atom stereocenters. The van der Waals surface area contributed by atoms with Gasteiger partial charge in [0.1, 0.15) is 0 Å². The monoisotopic (exact) mass is 171 g/mol. The molecular formula is C10H21NO. The highest BCUT2D eigenvalue weighted by Crippen LogP contribution is 2.28. The zero-order chi connectivity index (χ0) is 9.19. The van der Waals surface area contributed by atoms with E-state index in [2.05, 4.69) is 20.8 Å². The Balaban J connectivity index is 2.45. The molecule has 1 aliphatic heterocycles. The maximum Gasteiger partial charge on any atom is 0.0509 e. The maximum absolute atomic E-state index is 6.15. The van der Waals surface area contributed by atoms with E-state index in [4.69, 9.17) is 10.5 Å². The molecule has 2 heteroatoms. The molecule has 1 heterocycles. The third-order valence-electron chi connectivity index (χ3n) is 2.70. The van der Waals surface area contributed by atoms with Crippen LogP contribution in [0.4, 0.5) is 0 Å². The average molecular weight is 171 g/mol. The first-order valence-electron chi connectivity index (χ1n) is 4.85. The smallest absolute Gasteiger partial charge is 0.0509 e. The van der Waals surface area contributed by atoms with E-state index in [0.29, 0.717) is 5.92 Å². The predicted octanol–water partition coefficient (Wildman–Crippen LogP) is 1.79. The Morgan fingerprint density at radius 1 is 1.42 bits per heavy atom. The molecular weight excluding hydrogens is 150 g/mol. The molecule has 2 unspecified atom stereocenters. The van der Waals surface area contributed by atoms with Crippen LogP contribution < -0.4 is 5.73 Å². The number of hydrogen-bond donors (Lipinski definition) is 1. The van der Waals surface area contributed by atoms with Gasteiger partial charge in [-0.2, -0.15) is 0 Å². The van der Waals surface area contributed by atoms with E-state index in [1.807, 2.05) is 0 Å². The first-order valence-corrected chi connectivity index (χ1v) is 4.85. The van der Waals surface area contributed by atoms with Crippen molar-refractivity contribution in [1.29, 1.82) is 0 Å². The molecule has 1 aliphatic rings.